The molecule has 0 aromatic heterocycles. The smallest absolute Gasteiger partial charge is 0.407 e. The Morgan fingerprint density at radius 3 is 2.26 bits per heavy atom. The van der Waals surface area contributed by atoms with Crippen LogP contribution in [-0.2, 0) is 14.3 Å². The zero-order chi connectivity index (χ0) is 29.4. The molecule has 4 saturated heterocycles. The minimum Gasteiger partial charge on any atom is -0.465 e. The summed E-state index contributed by atoms with van der Waals surface area (Å²) < 4.78 is 5.80. The molecule has 4 fully saturated rings. The highest BCUT2D eigenvalue weighted by molar-refractivity contribution is 6.23. The van der Waals surface area contributed by atoms with E-state index in [4.69, 9.17) is 4.74 Å². The van der Waals surface area contributed by atoms with E-state index in [9.17, 15) is 29.1 Å². The molecule has 0 aliphatic carbocycles. The van der Waals surface area contributed by atoms with Gasteiger partial charge in [-0.15, -0.1) is 0 Å². The van der Waals surface area contributed by atoms with Crippen LogP contribution < -0.4 is 10.2 Å². The molecule has 0 radical (unpaired) electrons. The Kier molecular flexibility index (Phi) is 8.15. The van der Waals surface area contributed by atoms with Gasteiger partial charge in [0.15, 0.2) is 0 Å². The molecular formula is C29H38N6O7. The Hall–Kier alpha value is -3.55. The number of carboxylic acid groups (broad SMARTS) is 1. The molecule has 42 heavy (non-hydrogen) atoms. The molecule has 6 rings (SSSR count). The Morgan fingerprint density at radius 1 is 0.881 bits per heavy atom. The third-order valence-corrected chi connectivity index (χ3v) is 9.26. The number of anilines is 1. The number of carbonyl (C=O) groups is 5. The van der Waals surface area contributed by atoms with Crippen LogP contribution >= 0.6 is 0 Å². The lowest BCUT2D eigenvalue weighted by atomic mass is 9.95. The van der Waals surface area contributed by atoms with Crippen molar-refractivity contribution in [2.24, 2.45) is 5.92 Å². The van der Waals surface area contributed by atoms with Crippen molar-refractivity contribution in [1.29, 1.82) is 0 Å². The van der Waals surface area contributed by atoms with E-state index < -0.39 is 29.9 Å². The number of nitrogens with one attached hydrogen (secondary N) is 1. The first-order valence-electron chi connectivity index (χ1n) is 14.9. The van der Waals surface area contributed by atoms with Gasteiger partial charge in [0.2, 0.25) is 11.8 Å². The second-order valence-corrected chi connectivity index (χ2v) is 11.9. The normalized spacial score (nSPS) is 26.5. The van der Waals surface area contributed by atoms with Crippen LogP contribution in [0.3, 0.4) is 0 Å². The zero-order valence-corrected chi connectivity index (χ0v) is 23.7. The van der Waals surface area contributed by atoms with E-state index in [1.165, 1.54) is 4.90 Å². The number of ether oxygens (including phenoxy) is 1. The average molecular weight is 583 g/mol. The van der Waals surface area contributed by atoms with E-state index >= 15 is 0 Å². The molecule has 1 aromatic carbocycles. The van der Waals surface area contributed by atoms with E-state index in [-0.39, 0.29) is 24.9 Å². The fourth-order valence-electron chi connectivity index (χ4n) is 6.84. The van der Waals surface area contributed by atoms with Gasteiger partial charge in [-0.05, 0) is 43.4 Å². The fraction of sp³-hybridized carbons (Fsp3) is 0.621. The second kappa shape index (κ2) is 12.0. The molecule has 13 heteroatoms. The Labute approximate surface area is 244 Å². The third-order valence-electron chi connectivity index (χ3n) is 9.26. The highest BCUT2D eigenvalue weighted by atomic mass is 16.5. The lowest BCUT2D eigenvalue weighted by Gasteiger charge is -2.41. The number of nitrogens with zero attached hydrogens (tertiary/aromatic N) is 5. The van der Waals surface area contributed by atoms with Gasteiger partial charge in [0.1, 0.15) is 6.04 Å². The van der Waals surface area contributed by atoms with Crippen LogP contribution in [0.2, 0.25) is 0 Å². The molecule has 1 aromatic rings. The van der Waals surface area contributed by atoms with Crippen LogP contribution in [0.15, 0.2) is 18.2 Å². The first-order valence-corrected chi connectivity index (χ1v) is 14.9. The molecule has 226 valence electrons. The largest absolute Gasteiger partial charge is 0.465 e. The SMILES string of the molecule is O=C1CCC(N2C(=O)c3ccc(N4CCC(CN5CCN(C[C@@H]6CN(C(=O)O)CCO6)CC5)CC4)cc3C2=O)C(=O)N1. The maximum Gasteiger partial charge on any atom is 0.407 e. The minimum absolute atomic E-state index is 0.0705. The van der Waals surface area contributed by atoms with Crippen molar-refractivity contribution in [1.82, 2.24) is 24.9 Å². The molecule has 2 atom stereocenters. The molecule has 5 heterocycles. The molecule has 5 aliphatic rings. The number of piperidine rings is 2. The second-order valence-electron chi connectivity index (χ2n) is 11.9. The average Bonchev–Trinajstić information content (AvgIpc) is 3.23. The summed E-state index contributed by atoms with van der Waals surface area (Å²) in [6, 6.07) is 4.37. The van der Waals surface area contributed by atoms with Gasteiger partial charge in [0.05, 0.1) is 30.4 Å². The Balaban J connectivity index is 0.970. The van der Waals surface area contributed by atoms with Gasteiger partial charge in [-0.25, -0.2) is 4.79 Å². The summed E-state index contributed by atoms with van der Waals surface area (Å²) in [4.78, 5) is 70.9. The van der Waals surface area contributed by atoms with Crippen LogP contribution in [0.25, 0.3) is 0 Å². The predicted octanol–water partition coefficient (Wildman–Crippen LogP) is 0.301. The number of amides is 5. The summed E-state index contributed by atoms with van der Waals surface area (Å²) in [6.07, 6.45) is 1.37. The van der Waals surface area contributed by atoms with Gasteiger partial charge in [-0.1, -0.05) is 0 Å². The molecule has 0 saturated carbocycles. The minimum atomic E-state index is -0.959. The highest BCUT2D eigenvalue weighted by Crippen LogP contribution is 2.32. The van der Waals surface area contributed by atoms with Crippen LogP contribution in [0.1, 0.15) is 46.4 Å². The van der Waals surface area contributed by atoms with Crippen molar-refractivity contribution in [2.45, 2.75) is 37.8 Å². The van der Waals surface area contributed by atoms with Crippen LogP contribution in [0, 0.1) is 5.92 Å². The molecule has 0 spiro atoms. The molecular weight excluding hydrogens is 544 g/mol. The summed E-state index contributed by atoms with van der Waals surface area (Å²) in [6.45, 7) is 8.72. The van der Waals surface area contributed by atoms with Crippen molar-refractivity contribution < 1.29 is 33.8 Å². The molecule has 0 bridgehead atoms. The van der Waals surface area contributed by atoms with Crippen molar-refractivity contribution in [3.05, 3.63) is 29.3 Å². The molecule has 1 unspecified atom stereocenters. The molecule has 2 N–H and O–H groups in total. The van der Waals surface area contributed by atoms with Gasteiger partial charge >= 0.3 is 6.09 Å². The Bertz CT molecular complexity index is 1260. The summed E-state index contributed by atoms with van der Waals surface area (Å²) in [5.41, 5.74) is 1.52. The quantitative estimate of drug-likeness (QED) is 0.450. The lowest BCUT2D eigenvalue weighted by Crippen LogP contribution is -2.54. The van der Waals surface area contributed by atoms with Crippen molar-refractivity contribution >= 4 is 35.4 Å². The monoisotopic (exact) mass is 582 g/mol. The van der Waals surface area contributed by atoms with Crippen molar-refractivity contribution in [2.75, 3.05) is 77.0 Å². The topological polar surface area (TPSA) is 143 Å². The van der Waals surface area contributed by atoms with E-state index in [1.54, 1.807) is 12.1 Å². The number of piperazine rings is 1. The maximum atomic E-state index is 13.2. The Morgan fingerprint density at radius 2 is 1.57 bits per heavy atom. The maximum absolute atomic E-state index is 13.2. The van der Waals surface area contributed by atoms with Crippen molar-refractivity contribution in [3.8, 4) is 0 Å². The number of carbonyl (C=O) groups excluding carboxylic acids is 4. The third kappa shape index (κ3) is 5.86. The number of rotatable bonds is 6. The van der Waals surface area contributed by atoms with Gasteiger partial charge in [0.25, 0.3) is 11.8 Å². The summed E-state index contributed by atoms with van der Waals surface area (Å²) >= 11 is 0. The number of fused-ring (bicyclic) bond motifs is 1. The molecule has 5 aliphatic heterocycles. The number of morpholine rings is 1. The van der Waals surface area contributed by atoms with Crippen molar-refractivity contribution in [3.63, 3.8) is 0 Å². The summed E-state index contributed by atoms with van der Waals surface area (Å²) in [7, 11) is 0. The lowest BCUT2D eigenvalue weighted by molar-refractivity contribution is -0.136. The number of hydrogen-bond acceptors (Lipinski definition) is 9. The van der Waals surface area contributed by atoms with Crippen LogP contribution in [0.4, 0.5) is 10.5 Å². The van der Waals surface area contributed by atoms with Gasteiger partial charge in [-0.2, -0.15) is 0 Å². The number of benzene rings is 1. The zero-order valence-electron chi connectivity index (χ0n) is 23.7. The van der Waals surface area contributed by atoms with E-state index in [2.05, 4.69) is 20.0 Å². The highest BCUT2D eigenvalue weighted by Gasteiger charge is 2.44. The summed E-state index contributed by atoms with van der Waals surface area (Å²) in [5, 5.41) is 11.5. The number of hydrogen-bond donors (Lipinski definition) is 2. The first kappa shape index (κ1) is 28.6. The standard InChI is InChI=1S/C29H38N6O7/c36-25-4-3-24(26(37)30-25)35-27(38)22-2-1-20(15-23(22)28(35)39)33-7-5-19(6-8-33)16-31-9-11-32(12-10-31)17-21-18-34(29(40)41)13-14-42-21/h1-2,15,19,21,24H,3-14,16-18H2,(H,40,41)(H,30,36,37)/t21-,24?/m1/s1. The van der Waals surface area contributed by atoms with E-state index in [0.29, 0.717) is 36.7 Å². The van der Waals surface area contributed by atoms with Gasteiger partial charge in [-0.3, -0.25) is 34.3 Å². The van der Waals surface area contributed by atoms with Crippen LogP contribution in [0.5, 0.6) is 0 Å². The first-order chi connectivity index (χ1) is 20.3. The van der Waals surface area contributed by atoms with E-state index in [0.717, 1.165) is 75.8 Å². The van der Waals surface area contributed by atoms with E-state index in [1.807, 2.05) is 6.07 Å². The fourth-order valence-corrected chi connectivity index (χ4v) is 6.84. The van der Waals surface area contributed by atoms with Gasteiger partial charge in [0, 0.05) is 71.0 Å². The summed E-state index contributed by atoms with van der Waals surface area (Å²) in [5.74, 6) is -1.37. The number of imide groups is 2. The molecule has 5 amide bonds. The molecule has 13 nitrogen and oxygen atoms in total. The van der Waals surface area contributed by atoms with Crippen LogP contribution in [-0.4, -0.2) is 139 Å². The predicted molar refractivity (Wildman–Crippen MR) is 150 cm³/mol. The van der Waals surface area contributed by atoms with Gasteiger partial charge < -0.3 is 24.5 Å².